The molecule has 1 aromatic heterocycles. The van der Waals surface area contributed by atoms with E-state index in [1.165, 1.54) is 24.8 Å². The molecule has 3 aromatic rings. The number of nitrogens with one attached hydrogen (secondary N) is 1. The average molecular weight is 496 g/mol. The number of nitrogens with zero attached hydrogens (tertiary/aromatic N) is 2. The summed E-state index contributed by atoms with van der Waals surface area (Å²) >= 11 is 12.4. The molecule has 1 unspecified atom stereocenters. The van der Waals surface area contributed by atoms with Gasteiger partial charge in [0.25, 0.3) is 5.91 Å². The molecule has 3 atom stereocenters. The van der Waals surface area contributed by atoms with E-state index in [1.807, 2.05) is 22.9 Å². The predicted molar refractivity (Wildman–Crippen MR) is 138 cm³/mol. The monoisotopic (exact) mass is 495 g/mol. The number of amides is 1. The summed E-state index contributed by atoms with van der Waals surface area (Å²) in [6.45, 7) is 9.48. The van der Waals surface area contributed by atoms with Gasteiger partial charge in [-0.05, 0) is 72.3 Å². The molecule has 2 bridgehead atoms. The van der Waals surface area contributed by atoms with Crippen LogP contribution in [0.4, 0.5) is 0 Å². The molecule has 1 N–H and O–H groups in total. The summed E-state index contributed by atoms with van der Waals surface area (Å²) in [5.41, 5.74) is 4.76. The maximum Gasteiger partial charge on any atom is 0.272 e. The van der Waals surface area contributed by atoms with Crippen LogP contribution in [0.1, 0.15) is 61.6 Å². The van der Waals surface area contributed by atoms with Gasteiger partial charge in [0.1, 0.15) is 0 Å². The van der Waals surface area contributed by atoms with Crippen LogP contribution in [-0.2, 0) is 6.54 Å². The molecule has 0 radical (unpaired) electrons. The number of carbonyl (C=O) groups is 1. The first-order chi connectivity index (χ1) is 16.1. The highest BCUT2D eigenvalue weighted by Gasteiger charge is 2.59. The fraction of sp³-hybridized carbons (Fsp3) is 0.429. The molecule has 2 fully saturated rings. The molecule has 5 rings (SSSR count). The van der Waals surface area contributed by atoms with Gasteiger partial charge in [0.05, 0.1) is 22.3 Å². The van der Waals surface area contributed by atoms with Gasteiger partial charge in [0.15, 0.2) is 5.69 Å². The Morgan fingerprint density at radius 1 is 1.09 bits per heavy atom. The Labute approximate surface area is 211 Å². The molecule has 1 heterocycles. The number of aryl methyl sites for hydroxylation is 1. The molecular formula is C28H31Cl2N3O. The van der Waals surface area contributed by atoms with Crippen molar-refractivity contribution in [3.8, 4) is 11.3 Å². The van der Waals surface area contributed by atoms with Crippen LogP contribution >= 0.6 is 23.2 Å². The Morgan fingerprint density at radius 2 is 1.82 bits per heavy atom. The minimum Gasteiger partial charge on any atom is -0.347 e. The van der Waals surface area contributed by atoms with Gasteiger partial charge in [-0.3, -0.25) is 9.48 Å². The second kappa shape index (κ2) is 8.42. The first-order valence-electron chi connectivity index (χ1n) is 12.0. The van der Waals surface area contributed by atoms with Crippen LogP contribution in [0.3, 0.4) is 0 Å². The van der Waals surface area contributed by atoms with Gasteiger partial charge in [-0.2, -0.15) is 5.10 Å². The minimum absolute atomic E-state index is 0.0884. The quantitative estimate of drug-likeness (QED) is 0.408. The lowest BCUT2D eigenvalue weighted by Crippen LogP contribution is -2.52. The molecule has 2 aliphatic rings. The second-order valence-corrected chi connectivity index (χ2v) is 11.8. The third kappa shape index (κ3) is 4.05. The highest BCUT2D eigenvalue weighted by Crippen LogP contribution is 2.62. The number of hydrogen-bond donors (Lipinski definition) is 1. The van der Waals surface area contributed by atoms with Crippen LogP contribution in [0.5, 0.6) is 0 Å². The van der Waals surface area contributed by atoms with Gasteiger partial charge in [-0.25, -0.2) is 0 Å². The van der Waals surface area contributed by atoms with Gasteiger partial charge in [0, 0.05) is 6.04 Å². The Kier molecular flexibility index (Phi) is 5.81. The van der Waals surface area contributed by atoms with Crippen molar-refractivity contribution in [3.63, 3.8) is 0 Å². The Balaban J connectivity index is 1.48. The lowest BCUT2D eigenvalue weighted by atomic mass is 9.68. The Morgan fingerprint density at radius 3 is 2.47 bits per heavy atom. The van der Waals surface area contributed by atoms with E-state index >= 15 is 0 Å². The molecular weight excluding hydrogens is 465 g/mol. The second-order valence-electron chi connectivity index (χ2n) is 11.0. The van der Waals surface area contributed by atoms with Crippen LogP contribution in [0.25, 0.3) is 11.3 Å². The highest BCUT2D eigenvalue weighted by molar-refractivity contribution is 6.42. The Hall–Kier alpha value is -2.30. The van der Waals surface area contributed by atoms with Gasteiger partial charge >= 0.3 is 0 Å². The van der Waals surface area contributed by atoms with Crippen molar-refractivity contribution in [1.82, 2.24) is 15.1 Å². The molecule has 0 spiro atoms. The third-order valence-electron chi connectivity index (χ3n) is 8.22. The topological polar surface area (TPSA) is 46.9 Å². The van der Waals surface area contributed by atoms with E-state index in [-0.39, 0.29) is 22.8 Å². The number of carbonyl (C=O) groups excluding carboxylic acids is 1. The maximum atomic E-state index is 13.5. The molecule has 0 aliphatic heterocycles. The molecule has 1 amide bonds. The summed E-state index contributed by atoms with van der Waals surface area (Å²) in [5.74, 6) is 0.561. The van der Waals surface area contributed by atoms with Crippen molar-refractivity contribution in [1.29, 1.82) is 0 Å². The molecule has 2 saturated carbocycles. The summed E-state index contributed by atoms with van der Waals surface area (Å²) in [6, 6.07) is 15.9. The number of benzene rings is 2. The van der Waals surface area contributed by atoms with Gasteiger partial charge in [0.2, 0.25) is 0 Å². The number of aromatic nitrogens is 2. The summed E-state index contributed by atoms with van der Waals surface area (Å²) < 4.78 is 1.88. The average Bonchev–Trinajstić information content (AvgIpc) is 3.44. The number of hydrogen-bond acceptors (Lipinski definition) is 2. The third-order valence-corrected chi connectivity index (χ3v) is 8.96. The van der Waals surface area contributed by atoms with E-state index in [9.17, 15) is 4.79 Å². The van der Waals surface area contributed by atoms with Crippen LogP contribution < -0.4 is 5.32 Å². The van der Waals surface area contributed by atoms with Gasteiger partial charge in [-0.15, -0.1) is 0 Å². The zero-order valence-electron chi connectivity index (χ0n) is 20.2. The summed E-state index contributed by atoms with van der Waals surface area (Å²) in [7, 11) is 0. The van der Waals surface area contributed by atoms with Crippen LogP contribution in [0, 0.1) is 23.7 Å². The van der Waals surface area contributed by atoms with Crippen LogP contribution in [-0.4, -0.2) is 21.7 Å². The number of halogens is 2. The Bertz CT molecular complexity index is 1240. The van der Waals surface area contributed by atoms with Crippen LogP contribution in [0.15, 0.2) is 48.5 Å². The van der Waals surface area contributed by atoms with E-state index in [2.05, 4.69) is 57.3 Å². The van der Waals surface area contributed by atoms with E-state index in [0.29, 0.717) is 28.2 Å². The summed E-state index contributed by atoms with van der Waals surface area (Å²) in [6.07, 6.45) is 3.61. The maximum absolute atomic E-state index is 13.5. The molecule has 2 aliphatic carbocycles. The first kappa shape index (κ1) is 23.4. The van der Waals surface area contributed by atoms with Crippen molar-refractivity contribution in [2.75, 3.05) is 0 Å². The van der Waals surface area contributed by atoms with Crippen LogP contribution in [0.2, 0.25) is 10.0 Å². The van der Waals surface area contributed by atoms with E-state index in [4.69, 9.17) is 28.3 Å². The number of rotatable bonds is 5. The predicted octanol–water partition coefficient (Wildman–Crippen LogP) is 7.16. The SMILES string of the molecule is Cc1ccc(-c2cc(C(=O)N[C@@H]3C(C)(C)C4CC[C@@]3(C)C4)nn2Cc2ccc(Cl)c(Cl)c2)cc1. The highest BCUT2D eigenvalue weighted by atomic mass is 35.5. The van der Waals surface area contributed by atoms with E-state index in [0.717, 1.165) is 16.8 Å². The molecule has 178 valence electrons. The van der Waals surface area contributed by atoms with E-state index in [1.54, 1.807) is 6.07 Å². The smallest absolute Gasteiger partial charge is 0.272 e. The van der Waals surface area contributed by atoms with E-state index < -0.39 is 0 Å². The van der Waals surface area contributed by atoms with Crippen molar-refractivity contribution >= 4 is 29.1 Å². The van der Waals surface area contributed by atoms with Crippen molar-refractivity contribution < 1.29 is 4.79 Å². The standard InChI is InChI=1S/C28H31Cl2N3O/c1-17-5-8-19(9-6-17)24-14-23(32-33(24)16-18-7-10-21(29)22(30)13-18)25(34)31-26-27(2,3)20-11-12-28(26,4)15-20/h5-10,13-14,20,26H,11-12,15-16H2,1-4H3,(H,31,34)/t20?,26-,28+/m1/s1. The number of fused-ring (bicyclic) bond motifs is 2. The fourth-order valence-corrected chi connectivity index (χ4v) is 6.60. The van der Waals surface area contributed by atoms with Gasteiger partial charge < -0.3 is 5.32 Å². The molecule has 6 heteroatoms. The molecule has 34 heavy (non-hydrogen) atoms. The van der Waals surface area contributed by atoms with Crippen molar-refractivity contribution in [3.05, 3.63) is 75.4 Å². The minimum atomic E-state index is -0.104. The summed E-state index contributed by atoms with van der Waals surface area (Å²) in [4.78, 5) is 13.5. The normalized spacial score (nSPS) is 25.0. The molecule has 2 aromatic carbocycles. The fourth-order valence-electron chi connectivity index (χ4n) is 6.28. The summed E-state index contributed by atoms with van der Waals surface area (Å²) in [5, 5.41) is 9.17. The van der Waals surface area contributed by atoms with Crippen molar-refractivity contribution in [2.45, 2.75) is 59.5 Å². The zero-order valence-corrected chi connectivity index (χ0v) is 21.7. The largest absolute Gasteiger partial charge is 0.347 e. The molecule has 0 saturated heterocycles. The van der Waals surface area contributed by atoms with Crippen molar-refractivity contribution in [2.24, 2.45) is 16.7 Å². The lowest BCUT2D eigenvalue weighted by molar-refractivity contribution is 0.0732. The molecule has 4 nitrogen and oxygen atoms in total. The lowest BCUT2D eigenvalue weighted by Gasteiger charge is -2.42. The first-order valence-corrected chi connectivity index (χ1v) is 12.7. The zero-order chi connectivity index (χ0) is 24.3. The van der Waals surface area contributed by atoms with Gasteiger partial charge in [-0.1, -0.05) is 79.9 Å².